The van der Waals surface area contributed by atoms with E-state index in [-0.39, 0.29) is 44.3 Å². The van der Waals surface area contributed by atoms with Crippen LogP contribution in [0.1, 0.15) is 38.5 Å². The molecule has 0 aromatic rings. The smallest absolute Gasteiger partial charge is 0.330 e. The average Bonchev–Trinajstić information content (AvgIpc) is 3.30. The second-order valence-corrected chi connectivity index (χ2v) is 7.33. The Kier molecular flexibility index (Phi) is 7.05. The predicted octanol–water partition coefficient (Wildman–Crippen LogP) is 2.19. The Morgan fingerprint density at radius 3 is 2.50 bits per heavy atom. The molecule has 2 aliphatic carbocycles. The van der Waals surface area contributed by atoms with Gasteiger partial charge in [-0.25, -0.2) is 4.79 Å². The zero-order chi connectivity index (χ0) is 18.4. The van der Waals surface area contributed by atoms with Crippen molar-refractivity contribution < 1.29 is 33.3 Å². The molecule has 5 unspecified atom stereocenters. The Labute approximate surface area is 153 Å². The molecule has 7 nitrogen and oxygen atoms in total. The molecule has 1 saturated heterocycles. The fourth-order valence-corrected chi connectivity index (χ4v) is 3.81. The van der Waals surface area contributed by atoms with E-state index in [0.717, 1.165) is 50.0 Å². The molecule has 3 aliphatic rings. The SMILES string of the molecule is C=CC(=O)OCC1CCC(COCOCOC(=O)C2CCC3CC3C2)O1. The van der Waals surface area contributed by atoms with Crippen molar-refractivity contribution in [3.63, 3.8) is 0 Å². The normalized spacial score (nSPS) is 32.5. The molecular weight excluding hydrogens is 340 g/mol. The van der Waals surface area contributed by atoms with E-state index in [1.807, 2.05) is 0 Å². The third-order valence-electron chi connectivity index (χ3n) is 5.40. The first-order valence-corrected chi connectivity index (χ1v) is 9.42. The highest BCUT2D eigenvalue weighted by atomic mass is 16.7. The Balaban J connectivity index is 1.17. The van der Waals surface area contributed by atoms with Crippen molar-refractivity contribution in [2.75, 3.05) is 26.8 Å². The summed E-state index contributed by atoms with van der Waals surface area (Å²) >= 11 is 0. The molecule has 0 aromatic heterocycles. The van der Waals surface area contributed by atoms with Gasteiger partial charge in [0.15, 0.2) is 13.6 Å². The van der Waals surface area contributed by atoms with Gasteiger partial charge in [-0.15, -0.1) is 0 Å². The lowest BCUT2D eigenvalue weighted by Crippen LogP contribution is -2.23. The number of carbonyl (C=O) groups excluding carboxylic acids is 2. The van der Waals surface area contributed by atoms with Gasteiger partial charge >= 0.3 is 11.9 Å². The van der Waals surface area contributed by atoms with E-state index in [2.05, 4.69) is 6.58 Å². The fraction of sp³-hybridized carbons (Fsp3) is 0.789. The van der Waals surface area contributed by atoms with Gasteiger partial charge in [-0.05, 0) is 50.4 Å². The standard InChI is InChI=1S/C19H28O7/c1-2-18(20)24-10-17-6-5-16(26-17)9-22-11-23-12-25-19(21)14-4-3-13-7-15(13)8-14/h2,13-17H,1,3-12H2. The number of ether oxygens (including phenoxy) is 5. The van der Waals surface area contributed by atoms with Crippen LogP contribution in [0.15, 0.2) is 12.7 Å². The first-order valence-electron chi connectivity index (χ1n) is 9.42. The van der Waals surface area contributed by atoms with Crippen LogP contribution in [0.5, 0.6) is 0 Å². The first-order chi connectivity index (χ1) is 12.7. The van der Waals surface area contributed by atoms with E-state index in [1.54, 1.807) is 0 Å². The molecule has 26 heavy (non-hydrogen) atoms. The Bertz CT molecular complexity index is 506. The molecule has 0 amide bonds. The summed E-state index contributed by atoms with van der Waals surface area (Å²) in [7, 11) is 0. The predicted molar refractivity (Wildman–Crippen MR) is 90.9 cm³/mol. The van der Waals surface area contributed by atoms with Gasteiger partial charge in [0.05, 0.1) is 24.7 Å². The van der Waals surface area contributed by atoms with Crippen LogP contribution >= 0.6 is 0 Å². The lowest BCUT2D eigenvalue weighted by atomic mass is 9.89. The van der Waals surface area contributed by atoms with E-state index in [9.17, 15) is 9.59 Å². The number of carbonyl (C=O) groups is 2. The van der Waals surface area contributed by atoms with Gasteiger partial charge in [0, 0.05) is 6.08 Å². The van der Waals surface area contributed by atoms with Crippen LogP contribution < -0.4 is 0 Å². The van der Waals surface area contributed by atoms with Crippen molar-refractivity contribution in [2.45, 2.75) is 50.7 Å². The van der Waals surface area contributed by atoms with Gasteiger partial charge in [-0.1, -0.05) is 6.58 Å². The molecule has 0 N–H and O–H groups in total. The van der Waals surface area contributed by atoms with Crippen LogP contribution in [-0.2, 0) is 33.3 Å². The summed E-state index contributed by atoms with van der Waals surface area (Å²) in [6, 6.07) is 0. The van der Waals surface area contributed by atoms with Crippen LogP contribution in [0.25, 0.3) is 0 Å². The van der Waals surface area contributed by atoms with Gasteiger partial charge in [-0.3, -0.25) is 4.79 Å². The molecule has 0 radical (unpaired) electrons. The molecule has 146 valence electrons. The van der Waals surface area contributed by atoms with Crippen molar-refractivity contribution in [2.24, 2.45) is 17.8 Å². The van der Waals surface area contributed by atoms with Gasteiger partial charge in [0.25, 0.3) is 0 Å². The largest absolute Gasteiger partial charge is 0.460 e. The quantitative estimate of drug-likeness (QED) is 0.253. The maximum Gasteiger partial charge on any atom is 0.330 e. The van der Waals surface area contributed by atoms with Crippen LogP contribution in [0.4, 0.5) is 0 Å². The lowest BCUT2D eigenvalue weighted by molar-refractivity contribution is -0.176. The second-order valence-electron chi connectivity index (χ2n) is 7.33. The maximum absolute atomic E-state index is 12.0. The molecule has 1 aliphatic heterocycles. The molecule has 3 fully saturated rings. The van der Waals surface area contributed by atoms with Crippen LogP contribution in [0.3, 0.4) is 0 Å². The van der Waals surface area contributed by atoms with E-state index in [1.165, 1.54) is 6.42 Å². The van der Waals surface area contributed by atoms with Crippen molar-refractivity contribution in [3.8, 4) is 0 Å². The highest BCUT2D eigenvalue weighted by Gasteiger charge is 2.44. The molecule has 2 saturated carbocycles. The average molecular weight is 368 g/mol. The van der Waals surface area contributed by atoms with E-state index in [0.29, 0.717) is 6.61 Å². The summed E-state index contributed by atoms with van der Waals surface area (Å²) in [5.74, 6) is 1.08. The third kappa shape index (κ3) is 5.79. The van der Waals surface area contributed by atoms with E-state index in [4.69, 9.17) is 23.7 Å². The third-order valence-corrected chi connectivity index (χ3v) is 5.40. The van der Waals surface area contributed by atoms with Gasteiger partial charge in [0.2, 0.25) is 0 Å². The topological polar surface area (TPSA) is 80.3 Å². The number of rotatable bonds is 10. The Morgan fingerprint density at radius 2 is 1.73 bits per heavy atom. The molecule has 0 bridgehead atoms. The summed E-state index contributed by atoms with van der Waals surface area (Å²) in [6.45, 7) is 3.95. The molecule has 0 aromatic carbocycles. The second kappa shape index (κ2) is 9.48. The van der Waals surface area contributed by atoms with E-state index >= 15 is 0 Å². The number of fused-ring (bicyclic) bond motifs is 1. The van der Waals surface area contributed by atoms with Crippen LogP contribution in [0, 0.1) is 17.8 Å². The minimum Gasteiger partial charge on any atom is -0.460 e. The number of hydrogen-bond acceptors (Lipinski definition) is 7. The Hall–Kier alpha value is -1.44. The molecule has 1 heterocycles. The van der Waals surface area contributed by atoms with E-state index < -0.39 is 5.97 Å². The summed E-state index contributed by atoms with van der Waals surface area (Å²) in [5.41, 5.74) is 0. The minimum atomic E-state index is -0.443. The lowest BCUT2D eigenvalue weighted by Gasteiger charge is -2.19. The number of hydrogen-bond donors (Lipinski definition) is 0. The maximum atomic E-state index is 12.0. The van der Waals surface area contributed by atoms with Gasteiger partial charge < -0.3 is 23.7 Å². The van der Waals surface area contributed by atoms with Crippen molar-refractivity contribution in [1.29, 1.82) is 0 Å². The first kappa shape index (κ1) is 19.3. The molecule has 7 heteroatoms. The minimum absolute atomic E-state index is 0.0395. The molecular formula is C19H28O7. The monoisotopic (exact) mass is 368 g/mol. The highest BCUT2D eigenvalue weighted by molar-refractivity contribution is 5.81. The van der Waals surface area contributed by atoms with Crippen molar-refractivity contribution in [3.05, 3.63) is 12.7 Å². The number of esters is 2. The van der Waals surface area contributed by atoms with Gasteiger partial charge in [0.1, 0.15) is 6.61 Å². The van der Waals surface area contributed by atoms with Crippen LogP contribution in [-0.4, -0.2) is 50.9 Å². The summed E-state index contributed by atoms with van der Waals surface area (Å²) < 4.78 is 26.5. The van der Waals surface area contributed by atoms with Crippen LogP contribution in [0.2, 0.25) is 0 Å². The molecule has 0 spiro atoms. The molecule has 3 rings (SSSR count). The zero-order valence-corrected chi connectivity index (χ0v) is 15.1. The Morgan fingerprint density at radius 1 is 0.923 bits per heavy atom. The molecule has 5 atom stereocenters. The fourth-order valence-electron chi connectivity index (χ4n) is 3.81. The summed E-state index contributed by atoms with van der Waals surface area (Å²) in [5, 5.41) is 0. The van der Waals surface area contributed by atoms with Gasteiger partial charge in [-0.2, -0.15) is 0 Å². The summed E-state index contributed by atoms with van der Waals surface area (Å²) in [6.07, 6.45) is 7.02. The van der Waals surface area contributed by atoms with Crippen molar-refractivity contribution >= 4 is 11.9 Å². The zero-order valence-electron chi connectivity index (χ0n) is 15.1. The summed E-state index contributed by atoms with van der Waals surface area (Å²) in [4.78, 5) is 23.0. The highest BCUT2D eigenvalue weighted by Crippen LogP contribution is 2.51. The van der Waals surface area contributed by atoms with Crippen molar-refractivity contribution in [1.82, 2.24) is 0 Å².